The molecule has 0 radical (unpaired) electrons. The highest BCUT2D eigenvalue weighted by atomic mass is 35.5. The van der Waals surface area contributed by atoms with Crippen LogP contribution in [-0.4, -0.2) is 71.5 Å². The van der Waals surface area contributed by atoms with E-state index in [1.54, 1.807) is 12.1 Å². The van der Waals surface area contributed by atoms with Crippen LogP contribution in [0.15, 0.2) is 70.6 Å². The number of ether oxygens (including phenoxy) is 1. The van der Waals surface area contributed by atoms with E-state index in [1.165, 1.54) is 0 Å². The normalized spacial score (nSPS) is 18.8. The smallest absolute Gasteiger partial charge is 0.293 e. The fourth-order valence-electron chi connectivity index (χ4n) is 3.64. The number of H-pyrrole nitrogens is 1. The summed E-state index contributed by atoms with van der Waals surface area (Å²) in [6.07, 6.45) is -0.755. The first-order valence-electron chi connectivity index (χ1n) is 10.8. The first-order valence-corrected chi connectivity index (χ1v) is 11.2. The summed E-state index contributed by atoms with van der Waals surface area (Å²) in [7, 11) is 2.12. The number of rotatable bonds is 4. The number of aliphatic imine (C=N–C) groups is 2. The van der Waals surface area contributed by atoms with Crippen LogP contribution >= 0.6 is 11.6 Å². The van der Waals surface area contributed by atoms with E-state index in [-0.39, 0.29) is 0 Å². The molecule has 2 aliphatic rings. The van der Waals surface area contributed by atoms with Crippen molar-refractivity contribution in [1.82, 2.24) is 25.3 Å². The second kappa shape index (κ2) is 9.51. The Kier molecular flexibility index (Phi) is 6.14. The molecule has 0 spiro atoms. The molecule has 1 saturated heterocycles. The Balaban J connectivity index is 1.36. The summed E-state index contributed by atoms with van der Waals surface area (Å²) in [6.45, 7) is 3.64. The van der Waals surface area contributed by atoms with Crippen LogP contribution in [0.1, 0.15) is 0 Å². The van der Waals surface area contributed by atoms with Crippen LogP contribution in [0.4, 0.5) is 5.82 Å². The molecule has 0 bridgehead atoms. The van der Waals surface area contributed by atoms with Crippen LogP contribution in [0.25, 0.3) is 11.3 Å². The summed E-state index contributed by atoms with van der Waals surface area (Å²) in [4.78, 5) is 13.8. The highest BCUT2D eigenvalue weighted by molar-refractivity contribution is 6.30. The van der Waals surface area contributed by atoms with Gasteiger partial charge in [-0.15, -0.1) is 0 Å². The van der Waals surface area contributed by atoms with Crippen molar-refractivity contribution in [2.45, 2.75) is 6.35 Å². The number of anilines is 1. The molecule has 0 amide bonds. The fourth-order valence-corrected chi connectivity index (χ4v) is 3.82. The molecule has 1 fully saturated rings. The van der Waals surface area contributed by atoms with Crippen molar-refractivity contribution in [2.75, 3.05) is 38.5 Å². The van der Waals surface area contributed by atoms with E-state index < -0.39 is 6.35 Å². The van der Waals surface area contributed by atoms with E-state index in [2.05, 4.69) is 42.7 Å². The van der Waals surface area contributed by atoms with Gasteiger partial charge < -0.3 is 19.9 Å². The van der Waals surface area contributed by atoms with Gasteiger partial charge in [0, 0.05) is 37.3 Å². The molecule has 5 rings (SSSR count). The number of aromatic nitrogens is 2. The van der Waals surface area contributed by atoms with E-state index in [0.29, 0.717) is 28.5 Å². The highest BCUT2D eigenvalue weighted by Gasteiger charge is 2.25. The molecule has 2 aromatic carbocycles. The lowest BCUT2D eigenvalue weighted by atomic mass is 10.2. The van der Waals surface area contributed by atoms with Crippen molar-refractivity contribution in [3.05, 3.63) is 65.7 Å². The minimum Gasteiger partial charge on any atom is -0.449 e. The molecule has 0 aliphatic carbocycles. The number of hydrogen-bond acceptors (Lipinski definition) is 8. The van der Waals surface area contributed by atoms with Crippen LogP contribution < -0.4 is 15.4 Å². The van der Waals surface area contributed by atoms with Crippen molar-refractivity contribution in [1.29, 1.82) is 0 Å². The van der Waals surface area contributed by atoms with Gasteiger partial charge in [0.25, 0.3) is 6.35 Å². The fraction of sp³-hybridized carbons (Fsp3) is 0.261. The number of benzene rings is 2. The van der Waals surface area contributed by atoms with Crippen LogP contribution in [0, 0.1) is 0 Å². The molecule has 2 aliphatic heterocycles. The van der Waals surface area contributed by atoms with E-state index in [0.717, 1.165) is 37.4 Å². The number of guanidine groups is 2. The molecule has 3 N–H and O–H groups in total. The summed E-state index contributed by atoms with van der Waals surface area (Å²) in [5, 5.41) is 14.6. The van der Waals surface area contributed by atoms with Gasteiger partial charge in [-0.3, -0.25) is 10.4 Å². The Labute approximate surface area is 197 Å². The standard InChI is InChI=1S/C23H25ClN8O/c1-31-10-12-32(13-11-31)22-26-21(27-23(28-22)33-18-9-5-8-17(24)14-18)25-20-15-19(29-30-20)16-6-3-2-4-7-16/h2-9,14-15,23H,10-13H2,1H3,(H3,25,26,27,28,29,30). The molecule has 9 nitrogen and oxygen atoms in total. The number of likely N-dealkylation sites (N-methyl/N-ethyl adjacent to an activating group) is 1. The third-order valence-corrected chi connectivity index (χ3v) is 5.69. The first kappa shape index (κ1) is 21.3. The van der Waals surface area contributed by atoms with Crippen LogP contribution in [0.3, 0.4) is 0 Å². The van der Waals surface area contributed by atoms with Gasteiger partial charge in [-0.1, -0.05) is 48.0 Å². The summed E-state index contributed by atoms with van der Waals surface area (Å²) in [6, 6.07) is 19.2. The van der Waals surface area contributed by atoms with Crippen molar-refractivity contribution in [3.63, 3.8) is 0 Å². The summed E-state index contributed by atoms with van der Waals surface area (Å²) in [5.74, 6) is 2.47. The molecule has 1 unspecified atom stereocenters. The van der Waals surface area contributed by atoms with Gasteiger partial charge in [0.05, 0.1) is 5.69 Å². The lowest BCUT2D eigenvalue weighted by Crippen LogP contribution is -2.55. The number of nitrogens with zero attached hydrogens (tertiary/aromatic N) is 5. The maximum absolute atomic E-state index is 6.11. The monoisotopic (exact) mass is 464 g/mol. The molecule has 3 heterocycles. The Morgan fingerprint density at radius 2 is 1.82 bits per heavy atom. The Morgan fingerprint density at radius 3 is 2.61 bits per heavy atom. The minimum absolute atomic E-state index is 0.511. The maximum Gasteiger partial charge on any atom is 0.293 e. The number of halogens is 1. The second-order valence-corrected chi connectivity index (χ2v) is 8.34. The lowest BCUT2D eigenvalue weighted by Gasteiger charge is -2.36. The topological polar surface area (TPSA) is 93.2 Å². The molecule has 33 heavy (non-hydrogen) atoms. The Bertz CT molecular complexity index is 1150. The molecule has 10 heteroatoms. The number of piperazine rings is 1. The summed E-state index contributed by atoms with van der Waals surface area (Å²) >= 11 is 6.11. The van der Waals surface area contributed by atoms with Crippen molar-refractivity contribution < 1.29 is 4.74 Å². The molecule has 170 valence electrons. The number of nitrogens with one attached hydrogen (secondary N) is 3. The van der Waals surface area contributed by atoms with Gasteiger partial charge >= 0.3 is 0 Å². The van der Waals surface area contributed by atoms with Gasteiger partial charge in [-0.05, 0) is 30.8 Å². The van der Waals surface area contributed by atoms with Gasteiger partial charge in [0.2, 0.25) is 11.9 Å². The van der Waals surface area contributed by atoms with Gasteiger partial charge in [0.1, 0.15) is 5.75 Å². The van der Waals surface area contributed by atoms with Crippen molar-refractivity contribution in [3.8, 4) is 17.0 Å². The number of aromatic amines is 1. The van der Waals surface area contributed by atoms with Crippen LogP contribution in [0.2, 0.25) is 5.02 Å². The van der Waals surface area contributed by atoms with Crippen LogP contribution in [0.5, 0.6) is 5.75 Å². The molecular formula is C23H25ClN8O. The average Bonchev–Trinajstić information content (AvgIpc) is 3.28. The van der Waals surface area contributed by atoms with E-state index in [4.69, 9.17) is 21.3 Å². The second-order valence-electron chi connectivity index (χ2n) is 7.91. The zero-order valence-corrected chi connectivity index (χ0v) is 19.0. The quantitative estimate of drug-likeness (QED) is 0.549. The molecular weight excluding hydrogens is 440 g/mol. The Morgan fingerprint density at radius 1 is 1.00 bits per heavy atom. The SMILES string of the molecule is CN1CCN(C2=NC(Oc3cccc(Cl)c3)N=C(Nc3cc(-c4ccccc4)[nH]n3)N2)CC1. The zero-order chi connectivity index (χ0) is 22.6. The van der Waals surface area contributed by atoms with Gasteiger partial charge in [-0.25, -0.2) is 0 Å². The van der Waals surface area contributed by atoms with Gasteiger partial charge in [-0.2, -0.15) is 15.1 Å². The van der Waals surface area contributed by atoms with Crippen molar-refractivity contribution in [2.24, 2.45) is 9.98 Å². The predicted octanol–water partition coefficient (Wildman–Crippen LogP) is 3.07. The largest absolute Gasteiger partial charge is 0.449 e. The van der Waals surface area contributed by atoms with E-state index >= 15 is 0 Å². The number of hydrogen-bond donors (Lipinski definition) is 3. The first-order chi connectivity index (χ1) is 16.1. The molecule has 1 aromatic heterocycles. The van der Waals surface area contributed by atoms with E-state index in [9.17, 15) is 0 Å². The molecule has 0 saturated carbocycles. The predicted molar refractivity (Wildman–Crippen MR) is 131 cm³/mol. The summed E-state index contributed by atoms with van der Waals surface area (Å²) < 4.78 is 6.02. The zero-order valence-electron chi connectivity index (χ0n) is 18.2. The van der Waals surface area contributed by atoms with Crippen molar-refractivity contribution >= 4 is 29.3 Å². The summed E-state index contributed by atoms with van der Waals surface area (Å²) in [5.41, 5.74) is 1.97. The molecule has 3 aromatic rings. The minimum atomic E-state index is -0.755. The van der Waals surface area contributed by atoms with Crippen LogP contribution in [-0.2, 0) is 0 Å². The Hall–Kier alpha value is -3.56. The lowest BCUT2D eigenvalue weighted by molar-refractivity contribution is 0.196. The molecule has 1 atom stereocenters. The average molecular weight is 465 g/mol. The van der Waals surface area contributed by atoms with E-state index in [1.807, 2.05) is 48.5 Å². The highest BCUT2D eigenvalue weighted by Crippen LogP contribution is 2.21. The van der Waals surface area contributed by atoms with Gasteiger partial charge in [0.15, 0.2) is 5.82 Å². The third-order valence-electron chi connectivity index (χ3n) is 5.45. The maximum atomic E-state index is 6.11. The third kappa shape index (κ3) is 5.27.